The molecule has 0 radical (unpaired) electrons. The highest BCUT2D eigenvalue weighted by atomic mass is 19.3. The highest BCUT2D eigenvalue weighted by Crippen LogP contribution is 2.33. The summed E-state index contributed by atoms with van der Waals surface area (Å²) in [5.74, 6) is 0.287. The Morgan fingerprint density at radius 3 is 2.96 bits per heavy atom. The molecule has 5 nitrogen and oxygen atoms in total. The van der Waals surface area contributed by atoms with E-state index in [1.807, 2.05) is 0 Å². The van der Waals surface area contributed by atoms with Crippen molar-refractivity contribution in [1.29, 1.82) is 0 Å². The molecule has 2 rings (SSSR count). The fourth-order valence-corrected chi connectivity index (χ4v) is 3.11. The quantitative estimate of drug-likeness (QED) is 0.716. The monoisotopic (exact) mass is 368 g/mol. The summed E-state index contributed by atoms with van der Waals surface area (Å²) in [6, 6.07) is 4.76. The molecule has 0 aromatic heterocycles. The van der Waals surface area contributed by atoms with Crippen molar-refractivity contribution in [3.8, 4) is 11.5 Å². The second kappa shape index (κ2) is 10.1. The Labute approximate surface area is 153 Å². The maximum Gasteiger partial charge on any atom is 0.387 e. The van der Waals surface area contributed by atoms with Gasteiger partial charge >= 0.3 is 6.61 Å². The molecule has 1 saturated heterocycles. The number of benzene rings is 1. The molecule has 1 atom stereocenters. The van der Waals surface area contributed by atoms with Crippen LogP contribution >= 0.6 is 0 Å². The smallest absolute Gasteiger partial charge is 0.387 e. The van der Waals surface area contributed by atoms with Crippen LogP contribution in [0.2, 0.25) is 0 Å². The highest BCUT2D eigenvalue weighted by Gasteiger charge is 2.19. The Morgan fingerprint density at radius 2 is 2.27 bits per heavy atom. The van der Waals surface area contributed by atoms with Gasteiger partial charge in [0.05, 0.1) is 7.11 Å². The van der Waals surface area contributed by atoms with Crippen LogP contribution in [-0.4, -0.2) is 50.7 Å². The van der Waals surface area contributed by atoms with Crippen molar-refractivity contribution in [1.82, 2.24) is 10.2 Å². The number of rotatable bonds is 8. The third-order valence-corrected chi connectivity index (χ3v) is 4.47. The van der Waals surface area contributed by atoms with Crippen molar-refractivity contribution in [2.75, 3.05) is 33.3 Å². The molecular formula is C19H26F2N2O3. The Balaban J connectivity index is 1.95. The van der Waals surface area contributed by atoms with E-state index in [1.165, 1.54) is 25.3 Å². The molecule has 1 heterocycles. The minimum absolute atomic E-state index is 0.0834. The third kappa shape index (κ3) is 5.98. The van der Waals surface area contributed by atoms with Crippen LogP contribution in [0.4, 0.5) is 8.78 Å². The molecule has 1 unspecified atom stereocenters. The summed E-state index contributed by atoms with van der Waals surface area (Å²) >= 11 is 0. The predicted molar refractivity (Wildman–Crippen MR) is 96.5 cm³/mol. The molecule has 1 aliphatic heterocycles. The van der Waals surface area contributed by atoms with Gasteiger partial charge in [0, 0.05) is 24.7 Å². The number of hydrogen-bond donors (Lipinski definition) is 1. The van der Waals surface area contributed by atoms with Gasteiger partial charge in [-0.05, 0) is 44.0 Å². The van der Waals surface area contributed by atoms with Crippen molar-refractivity contribution in [3.63, 3.8) is 0 Å². The van der Waals surface area contributed by atoms with Gasteiger partial charge < -0.3 is 19.7 Å². The topological polar surface area (TPSA) is 50.8 Å². The number of methoxy groups -OCH3 is 1. The molecule has 1 aromatic carbocycles. The standard InChI is InChI=1S/C19H26F2N2O3/c1-3-23-11-5-6-14(13-23)12-22-17(24)10-9-15-7-4-8-16(25-2)18(15)26-19(20)21/h4,7-10,14,19H,3,5-6,11-13H2,1-2H3,(H,22,24). The number of hydrogen-bond acceptors (Lipinski definition) is 4. The molecule has 1 amide bonds. The zero-order chi connectivity index (χ0) is 18.9. The number of alkyl halides is 2. The van der Waals surface area contributed by atoms with Crippen LogP contribution in [0.5, 0.6) is 11.5 Å². The largest absolute Gasteiger partial charge is 0.493 e. The van der Waals surface area contributed by atoms with E-state index in [-0.39, 0.29) is 17.4 Å². The molecule has 0 saturated carbocycles. The third-order valence-electron chi connectivity index (χ3n) is 4.47. The molecule has 1 aromatic rings. The summed E-state index contributed by atoms with van der Waals surface area (Å²) < 4.78 is 34.8. The van der Waals surface area contributed by atoms with Crippen molar-refractivity contribution in [2.45, 2.75) is 26.4 Å². The van der Waals surface area contributed by atoms with Gasteiger partial charge in [-0.25, -0.2) is 0 Å². The molecule has 0 bridgehead atoms. The first-order valence-electron chi connectivity index (χ1n) is 8.83. The molecular weight excluding hydrogens is 342 g/mol. The maximum atomic E-state index is 12.6. The second-order valence-corrected chi connectivity index (χ2v) is 6.24. The normalized spacial score (nSPS) is 18.3. The Hall–Kier alpha value is -2.15. The number of piperidine rings is 1. The first-order valence-corrected chi connectivity index (χ1v) is 8.83. The number of ether oxygens (including phenoxy) is 2. The zero-order valence-electron chi connectivity index (χ0n) is 15.2. The van der Waals surface area contributed by atoms with Gasteiger partial charge in [0.1, 0.15) is 0 Å². The van der Waals surface area contributed by atoms with Crippen LogP contribution in [0, 0.1) is 5.92 Å². The van der Waals surface area contributed by atoms with Crippen LogP contribution in [0.15, 0.2) is 24.3 Å². The zero-order valence-corrected chi connectivity index (χ0v) is 15.2. The average molecular weight is 368 g/mol. The van der Waals surface area contributed by atoms with Gasteiger partial charge in [0.2, 0.25) is 5.91 Å². The van der Waals surface area contributed by atoms with Crippen molar-refractivity contribution in [3.05, 3.63) is 29.8 Å². The van der Waals surface area contributed by atoms with Crippen molar-refractivity contribution < 1.29 is 23.0 Å². The SMILES string of the molecule is CCN1CCCC(CNC(=O)C=Cc2cccc(OC)c2OC(F)F)C1. The molecule has 1 aliphatic rings. The Kier molecular flexibility index (Phi) is 7.84. The van der Waals surface area contributed by atoms with Gasteiger partial charge in [-0.3, -0.25) is 4.79 Å². The predicted octanol–water partition coefficient (Wildman–Crippen LogP) is 3.16. The lowest BCUT2D eigenvalue weighted by molar-refractivity contribution is -0.116. The second-order valence-electron chi connectivity index (χ2n) is 6.24. The Bertz CT molecular complexity index is 623. The molecule has 0 spiro atoms. The summed E-state index contributed by atoms with van der Waals surface area (Å²) in [4.78, 5) is 14.4. The van der Waals surface area contributed by atoms with E-state index in [9.17, 15) is 13.6 Å². The molecule has 144 valence electrons. The van der Waals surface area contributed by atoms with E-state index >= 15 is 0 Å². The fraction of sp³-hybridized carbons (Fsp3) is 0.526. The minimum atomic E-state index is -2.97. The summed E-state index contributed by atoms with van der Waals surface area (Å²) in [5, 5.41) is 2.88. The lowest BCUT2D eigenvalue weighted by atomic mass is 9.98. The first kappa shape index (κ1) is 20.2. The number of carbonyl (C=O) groups is 1. The lowest BCUT2D eigenvalue weighted by Crippen LogP contribution is -2.40. The van der Waals surface area contributed by atoms with E-state index < -0.39 is 6.61 Å². The van der Waals surface area contributed by atoms with E-state index in [1.54, 1.807) is 12.1 Å². The van der Waals surface area contributed by atoms with Crippen LogP contribution in [0.1, 0.15) is 25.3 Å². The number of carbonyl (C=O) groups excluding carboxylic acids is 1. The van der Waals surface area contributed by atoms with Crippen molar-refractivity contribution >= 4 is 12.0 Å². The first-order chi connectivity index (χ1) is 12.5. The van der Waals surface area contributed by atoms with Gasteiger partial charge in [-0.1, -0.05) is 19.1 Å². The van der Waals surface area contributed by atoms with Gasteiger partial charge in [-0.2, -0.15) is 8.78 Å². The summed E-state index contributed by atoms with van der Waals surface area (Å²) in [6.45, 7) is 2.90. The lowest BCUT2D eigenvalue weighted by Gasteiger charge is -2.31. The van der Waals surface area contributed by atoms with Gasteiger partial charge in [0.25, 0.3) is 0 Å². The molecule has 7 heteroatoms. The Morgan fingerprint density at radius 1 is 1.46 bits per heavy atom. The number of halogens is 2. The number of para-hydroxylation sites is 1. The van der Waals surface area contributed by atoms with E-state index in [2.05, 4.69) is 21.9 Å². The minimum Gasteiger partial charge on any atom is -0.493 e. The molecule has 26 heavy (non-hydrogen) atoms. The number of likely N-dealkylation sites (tertiary alicyclic amines) is 1. The van der Waals surface area contributed by atoms with Crippen LogP contribution < -0.4 is 14.8 Å². The summed E-state index contributed by atoms with van der Waals surface area (Å²) in [5.41, 5.74) is 0.356. The van der Waals surface area contributed by atoms with E-state index in [4.69, 9.17) is 4.74 Å². The molecule has 1 fully saturated rings. The van der Waals surface area contributed by atoms with Crippen LogP contribution in [0.3, 0.4) is 0 Å². The number of nitrogens with zero attached hydrogens (tertiary/aromatic N) is 1. The fourth-order valence-electron chi connectivity index (χ4n) is 3.11. The van der Waals surface area contributed by atoms with Crippen molar-refractivity contribution in [2.24, 2.45) is 5.92 Å². The summed E-state index contributed by atoms with van der Waals surface area (Å²) in [7, 11) is 1.37. The average Bonchev–Trinajstić information content (AvgIpc) is 2.65. The summed E-state index contributed by atoms with van der Waals surface area (Å²) in [6.07, 6.45) is 5.02. The van der Waals surface area contributed by atoms with E-state index in [0.29, 0.717) is 18.0 Å². The molecule has 1 N–H and O–H groups in total. The highest BCUT2D eigenvalue weighted by molar-refractivity contribution is 5.92. The number of amides is 1. The number of nitrogens with one attached hydrogen (secondary N) is 1. The van der Waals surface area contributed by atoms with Crippen LogP contribution in [0.25, 0.3) is 6.08 Å². The molecule has 0 aliphatic carbocycles. The maximum absolute atomic E-state index is 12.6. The van der Waals surface area contributed by atoms with E-state index in [0.717, 1.165) is 32.5 Å². The van der Waals surface area contributed by atoms with Crippen LogP contribution in [-0.2, 0) is 4.79 Å². The van der Waals surface area contributed by atoms with Gasteiger partial charge in [-0.15, -0.1) is 0 Å². The van der Waals surface area contributed by atoms with Gasteiger partial charge in [0.15, 0.2) is 11.5 Å².